The van der Waals surface area contributed by atoms with Gasteiger partial charge in [-0.15, -0.1) is 0 Å². The van der Waals surface area contributed by atoms with Crippen molar-refractivity contribution in [1.82, 2.24) is 5.32 Å². The van der Waals surface area contributed by atoms with E-state index in [1.807, 2.05) is 30.3 Å². The molecule has 88 valence electrons. The topological polar surface area (TPSA) is 92.4 Å². The molecule has 4 N–H and O–H groups in total. The van der Waals surface area contributed by atoms with Gasteiger partial charge in [0.1, 0.15) is 11.3 Å². The number of aliphatic hydroxyl groups excluding tert-OH is 1. The number of nitrogens with two attached hydrogens (primary N) is 1. The molecule has 1 atom stereocenters. The summed E-state index contributed by atoms with van der Waals surface area (Å²) in [5, 5.41) is 12.3. The van der Waals surface area contributed by atoms with Gasteiger partial charge in [0.2, 0.25) is 0 Å². The largest absolute Gasteiger partial charge is 0.511 e. The first kappa shape index (κ1) is 11.2. The SMILES string of the molecule is NC(=O)C1=C(O)CC(c2ccccc2)NC1=O. The molecule has 0 saturated carbocycles. The highest BCUT2D eigenvalue weighted by Crippen LogP contribution is 2.25. The first-order valence-electron chi connectivity index (χ1n) is 5.17. The van der Waals surface area contributed by atoms with Crippen molar-refractivity contribution in [3.8, 4) is 0 Å². The van der Waals surface area contributed by atoms with E-state index in [1.54, 1.807) is 0 Å². The molecule has 1 heterocycles. The molecule has 0 aliphatic carbocycles. The maximum Gasteiger partial charge on any atom is 0.260 e. The molecule has 17 heavy (non-hydrogen) atoms. The Morgan fingerprint density at radius 1 is 1.35 bits per heavy atom. The van der Waals surface area contributed by atoms with Crippen molar-refractivity contribution in [1.29, 1.82) is 0 Å². The van der Waals surface area contributed by atoms with Crippen LogP contribution < -0.4 is 11.1 Å². The monoisotopic (exact) mass is 232 g/mol. The van der Waals surface area contributed by atoms with Crippen molar-refractivity contribution in [2.75, 3.05) is 0 Å². The number of primary amides is 1. The number of nitrogens with one attached hydrogen (secondary N) is 1. The van der Waals surface area contributed by atoms with Gasteiger partial charge in [0.05, 0.1) is 6.04 Å². The summed E-state index contributed by atoms with van der Waals surface area (Å²) in [7, 11) is 0. The molecule has 1 aromatic carbocycles. The Kier molecular flexibility index (Phi) is 2.82. The van der Waals surface area contributed by atoms with E-state index < -0.39 is 11.8 Å². The van der Waals surface area contributed by atoms with Crippen LogP contribution >= 0.6 is 0 Å². The summed E-state index contributed by atoms with van der Waals surface area (Å²) in [6, 6.07) is 8.89. The van der Waals surface area contributed by atoms with Crippen molar-refractivity contribution in [3.05, 3.63) is 47.2 Å². The van der Waals surface area contributed by atoms with Crippen LogP contribution in [0.2, 0.25) is 0 Å². The van der Waals surface area contributed by atoms with Gasteiger partial charge in [-0.3, -0.25) is 9.59 Å². The molecule has 1 aliphatic rings. The number of amides is 2. The smallest absolute Gasteiger partial charge is 0.260 e. The maximum absolute atomic E-state index is 11.6. The second kappa shape index (κ2) is 4.29. The predicted molar refractivity (Wildman–Crippen MR) is 60.8 cm³/mol. The van der Waals surface area contributed by atoms with Gasteiger partial charge in [0.15, 0.2) is 0 Å². The van der Waals surface area contributed by atoms with E-state index >= 15 is 0 Å². The molecule has 1 unspecified atom stereocenters. The lowest BCUT2D eigenvalue weighted by Crippen LogP contribution is -2.39. The summed E-state index contributed by atoms with van der Waals surface area (Å²) in [5.74, 6) is -1.79. The van der Waals surface area contributed by atoms with Gasteiger partial charge in [-0.1, -0.05) is 30.3 Å². The van der Waals surface area contributed by atoms with Crippen molar-refractivity contribution < 1.29 is 14.7 Å². The lowest BCUT2D eigenvalue weighted by molar-refractivity contribution is -0.123. The highest BCUT2D eigenvalue weighted by Gasteiger charge is 2.30. The molecular weight excluding hydrogens is 220 g/mol. The third-order valence-electron chi connectivity index (χ3n) is 2.67. The normalized spacial score (nSPS) is 20.0. The fraction of sp³-hybridized carbons (Fsp3) is 0.167. The molecule has 5 nitrogen and oxygen atoms in total. The summed E-state index contributed by atoms with van der Waals surface area (Å²) in [6.07, 6.45) is 0.175. The van der Waals surface area contributed by atoms with Crippen LogP contribution in [0.15, 0.2) is 41.7 Å². The minimum atomic E-state index is -0.911. The fourth-order valence-corrected chi connectivity index (χ4v) is 1.85. The molecular formula is C12H12N2O3. The van der Waals surface area contributed by atoms with E-state index in [0.717, 1.165) is 5.56 Å². The van der Waals surface area contributed by atoms with Crippen LogP contribution in [0.1, 0.15) is 18.0 Å². The van der Waals surface area contributed by atoms with Gasteiger partial charge in [-0.25, -0.2) is 0 Å². The average Bonchev–Trinajstić information content (AvgIpc) is 2.28. The van der Waals surface area contributed by atoms with E-state index in [1.165, 1.54) is 0 Å². The summed E-state index contributed by atoms with van der Waals surface area (Å²) in [4.78, 5) is 22.6. The number of carbonyl (C=O) groups is 2. The zero-order valence-electron chi connectivity index (χ0n) is 9.01. The summed E-state index contributed by atoms with van der Waals surface area (Å²) in [6.45, 7) is 0. The first-order chi connectivity index (χ1) is 8.09. The number of carbonyl (C=O) groups excluding carboxylic acids is 2. The molecule has 2 amide bonds. The van der Waals surface area contributed by atoms with Crippen molar-refractivity contribution in [2.24, 2.45) is 5.73 Å². The molecule has 0 radical (unpaired) electrons. The minimum absolute atomic E-state index is 0.175. The van der Waals surface area contributed by atoms with Crippen molar-refractivity contribution in [2.45, 2.75) is 12.5 Å². The Morgan fingerprint density at radius 2 is 2.00 bits per heavy atom. The highest BCUT2D eigenvalue weighted by atomic mass is 16.3. The molecule has 5 heteroatoms. The second-order valence-electron chi connectivity index (χ2n) is 3.83. The lowest BCUT2D eigenvalue weighted by atomic mass is 9.96. The van der Waals surface area contributed by atoms with Crippen molar-refractivity contribution >= 4 is 11.8 Å². The average molecular weight is 232 g/mol. The van der Waals surface area contributed by atoms with Crippen LogP contribution in [0.4, 0.5) is 0 Å². The molecule has 0 fully saturated rings. The molecule has 0 bridgehead atoms. The van der Waals surface area contributed by atoms with Gasteiger partial charge >= 0.3 is 0 Å². The van der Waals surface area contributed by atoms with Gasteiger partial charge in [0, 0.05) is 6.42 Å². The van der Waals surface area contributed by atoms with Crippen molar-refractivity contribution in [3.63, 3.8) is 0 Å². The predicted octanol–water partition coefficient (Wildman–Crippen LogP) is 0.545. The molecule has 0 saturated heterocycles. The van der Waals surface area contributed by atoms with Crippen LogP contribution in [-0.4, -0.2) is 16.9 Å². The zero-order valence-corrected chi connectivity index (χ0v) is 9.01. The van der Waals surface area contributed by atoms with Gasteiger partial charge in [-0.2, -0.15) is 0 Å². The maximum atomic E-state index is 11.6. The van der Waals surface area contributed by atoms with Gasteiger partial charge < -0.3 is 16.2 Å². The highest BCUT2D eigenvalue weighted by molar-refractivity contribution is 6.18. The van der Waals surface area contributed by atoms with Gasteiger partial charge in [-0.05, 0) is 5.56 Å². The van der Waals surface area contributed by atoms with Crippen LogP contribution in [0, 0.1) is 0 Å². The summed E-state index contributed by atoms with van der Waals surface area (Å²) >= 11 is 0. The second-order valence-corrected chi connectivity index (χ2v) is 3.83. The Balaban J connectivity index is 2.30. The van der Waals surface area contributed by atoms with E-state index in [-0.39, 0.29) is 23.8 Å². The molecule has 0 spiro atoms. The third kappa shape index (κ3) is 2.13. The standard InChI is InChI=1S/C12H12N2O3/c13-11(16)10-9(15)6-8(14-12(10)17)7-4-2-1-3-5-7/h1-5,8,15H,6H2,(H2,13,16)(H,14,17). The number of hydrogen-bond donors (Lipinski definition) is 3. The fourth-order valence-electron chi connectivity index (χ4n) is 1.85. The lowest BCUT2D eigenvalue weighted by Gasteiger charge is -2.24. The van der Waals surface area contributed by atoms with E-state index in [4.69, 9.17) is 5.73 Å². The zero-order chi connectivity index (χ0) is 12.4. The van der Waals surface area contributed by atoms with E-state index in [2.05, 4.69) is 5.32 Å². The number of benzene rings is 1. The van der Waals surface area contributed by atoms with Crippen LogP contribution in [0.5, 0.6) is 0 Å². The first-order valence-corrected chi connectivity index (χ1v) is 5.17. The Bertz CT molecular complexity index is 494. The van der Waals surface area contributed by atoms with Crippen LogP contribution in [0.25, 0.3) is 0 Å². The third-order valence-corrected chi connectivity index (χ3v) is 2.67. The van der Waals surface area contributed by atoms with E-state index in [0.29, 0.717) is 0 Å². The molecule has 1 aliphatic heterocycles. The molecule has 0 aromatic heterocycles. The number of hydrogen-bond acceptors (Lipinski definition) is 3. The Labute approximate surface area is 97.9 Å². The quantitative estimate of drug-likeness (QED) is 0.650. The summed E-state index contributed by atoms with van der Waals surface area (Å²) in [5.41, 5.74) is 5.54. The number of rotatable bonds is 2. The molecule has 2 rings (SSSR count). The minimum Gasteiger partial charge on any atom is -0.511 e. The summed E-state index contributed by atoms with van der Waals surface area (Å²) < 4.78 is 0. The number of aliphatic hydroxyl groups is 1. The van der Waals surface area contributed by atoms with Crippen LogP contribution in [-0.2, 0) is 9.59 Å². The van der Waals surface area contributed by atoms with E-state index in [9.17, 15) is 14.7 Å². The Morgan fingerprint density at radius 3 is 2.53 bits per heavy atom. The molecule has 1 aromatic rings. The van der Waals surface area contributed by atoms with Gasteiger partial charge in [0.25, 0.3) is 11.8 Å². The Hall–Kier alpha value is -2.30. The van der Waals surface area contributed by atoms with Crippen LogP contribution in [0.3, 0.4) is 0 Å².